The van der Waals surface area contributed by atoms with Crippen molar-refractivity contribution in [2.24, 2.45) is 0 Å². The number of hydrogen-bond acceptors (Lipinski definition) is 4. The van der Waals surface area contributed by atoms with Crippen LogP contribution in [0.4, 0.5) is 5.69 Å². The number of carbonyl (C=O) groups excluding carboxylic acids is 1. The molecule has 1 fully saturated rings. The summed E-state index contributed by atoms with van der Waals surface area (Å²) in [5.74, 6) is 0.00139. The van der Waals surface area contributed by atoms with Gasteiger partial charge in [-0.3, -0.25) is 9.69 Å². The molecule has 0 unspecified atom stereocenters. The molecule has 1 heterocycles. The summed E-state index contributed by atoms with van der Waals surface area (Å²) in [4.78, 5) is 14.6. The van der Waals surface area contributed by atoms with Gasteiger partial charge in [0.15, 0.2) is 0 Å². The van der Waals surface area contributed by atoms with Gasteiger partial charge in [-0.05, 0) is 45.0 Å². The van der Waals surface area contributed by atoms with Gasteiger partial charge in [-0.2, -0.15) is 0 Å². The number of amides is 1. The summed E-state index contributed by atoms with van der Waals surface area (Å²) in [6, 6.07) is 7.25. The highest BCUT2D eigenvalue weighted by Gasteiger charge is 2.28. The monoisotopic (exact) mass is 353 g/mol. The Bertz CT molecular complexity index is 528. The van der Waals surface area contributed by atoms with Crippen LogP contribution in [0.15, 0.2) is 24.3 Å². The standard InChI is InChI=1S/C18H28ClN3O2/c1-14(12-17(23)21-16-6-4-15(19)5-7-16)20-13-18(2,3)22-8-10-24-11-9-22/h4-7,14,20H,8-13H2,1-3H3,(H,21,23)/t14-/m0/s1. The van der Waals surface area contributed by atoms with E-state index in [0.29, 0.717) is 11.4 Å². The van der Waals surface area contributed by atoms with Crippen LogP contribution in [0.3, 0.4) is 0 Å². The number of nitrogens with one attached hydrogen (secondary N) is 2. The fraction of sp³-hybridized carbons (Fsp3) is 0.611. The lowest BCUT2D eigenvalue weighted by Gasteiger charge is -2.41. The van der Waals surface area contributed by atoms with Crippen molar-refractivity contribution in [2.45, 2.75) is 38.8 Å². The third-order valence-electron chi connectivity index (χ3n) is 4.37. The molecule has 0 aliphatic carbocycles. The van der Waals surface area contributed by atoms with Crippen molar-refractivity contribution in [3.63, 3.8) is 0 Å². The number of rotatable bonds is 7. The number of morpholine rings is 1. The van der Waals surface area contributed by atoms with E-state index in [1.807, 2.05) is 6.92 Å². The first kappa shape index (κ1) is 19.2. The summed E-state index contributed by atoms with van der Waals surface area (Å²) in [6.07, 6.45) is 0.432. The topological polar surface area (TPSA) is 53.6 Å². The molecule has 1 amide bonds. The van der Waals surface area contributed by atoms with Crippen LogP contribution < -0.4 is 10.6 Å². The molecule has 1 atom stereocenters. The molecule has 1 aromatic carbocycles. The van der Waals surface area contributed by atoms with Gasteiger partial charge in [0.25, 0.3) is 0 Å². The van der Waals surface area contributed by atoms with Crippen LogP contribution in [0, 0.1) is 0 Å². The van der Waals surface area contributed by atoms with Crippen molar-refractivity contribution in [3.05, 3.63) is 29.3 Å². The summed E-state index contributed by atoms with van der Waals surface area (Å²) in [6.45, 7) is 10.8. The number of benzene rings is 1. The highest BCUT2D eigenvalue weighted by atomic mass is 35.5. The van der Waals surface area contributed by atoms with E-state index in [2.05, 4.69) is 29.4 Å². The maximum absolute atomic E-state index is 12.1. The van der Waals surface area contributed by atoms with Crippen LogP contribution in [0.25, 0.3) is 0 Å². The first-order valence-electron chi connectivity index (χ1n) is 8.48. The molecule has 0 bridgehead atoms. The predicted molar refractivity (Wildman–Crippen MR) is 98.6 cm³/mol. The van der Waals surface area contributed by atoms with Crippen molar-refractivity contribution in [1.29, 1.82) is 0 Å². The summed E-state index contributed by atoms with van der Waals surface area (Å²) in [7, 11) is 0. The van der Waals surface area contributed by atoms with E-state index in [4.69, 9.17) is 16.3 Å². The number of ether oxygens (including phenoxy) is 1. The van der Waals surface area contributed by atoms with Crippen LogP contribution in [0.5, 0.6) is 0 Å². The van der Waals surface area contributed by atoms with E-state index in [1.165, 1.54) is 0 Å². The normalized spacial score (nSPS) is 17.5. The maximum Gasteiger partial charge on any atom is 0.225 e. The fourth-order valence-corrected chi connectivity index (χ4v) is 2.93. The zero-order chi connectivity index (χ0) is 17.6. The Labute approximate surface area is 149 Å². The van der Waals surface area contributed by atoms with Crippen molar-refractivity contribution < 1.29 is 9.53 Å². The minimum absolute atomic E-state index is 0.00139. The highest BCUT2D eigenvalue weighted by molar-refractivity contribution is 6.30. The van der Waals surface area contributed by atoms with Crippen LogP contribution in [-0.2, 0) is 9.53 Å². The van der Waals surface area contributed by atoms with Crippen LogP contribution in [0.2, 0.25) is 5.02 Å². The molecule has 2 rings (SSSR count). The van der Waals surface area contributed by atoms with E-state index in [-0.39, 0.29) is 17.5 Å². The van der Waals surface area contributed by atoms with E-state index < -0.39 is 0 Å². The van der Waals surface area contributed by atoms with Gasteiger partial charge in [0.05, 0.1) is 13.2 Å². The molecule has 1 aliphatic rings. The molecule has 24 heavy (non-hydrogen) atoms. The molecule has 1 aromatic rings. The van der Waals surface area contributed by atoms with Gasteiger partial charge in [-0.1, -0.05) is 11.6 Å². The van der Waals surface area contributed by atoms with Crippen LogP contribution >= 0.6 is 11.6 Å². The molecule has 1 saturated heterocycles. The van der Waals surface area contributed by atoms with E-state index in [1.54, 1.807) is 24.3 Å². The summed E-state index contributed by atoms with van der Waals surface area (Å²) < 4.78 is 5.41. The van der Waals surface area contributed by atoms with Crippen LogP contribution in [-0.4, -0.2) is 55.2 Å². The van der Waals surface area contributed by atoms with Gasteiger partial charge in [-0.15, -0.1) is 0 Å². The minimum Gasteiger partial charge on any atom is -0.379 e. The molecule has 0 spiro atoms. The molecular formula is C18H28ClN3O2. The predicted octanol–water partition coefficient (Wildman–Crippen LogP) is 2.76. The Balaban J connectivity index is 1.74. The molecule has 0 radical (unpaired) electrons. The maximum atomic E-state index is 12.1. The quantitative estimate of drug-likeness (QED) is 0.791. The van der Waals surface area contributed by atoms with E-state index >= 15 is 0 Å². The van der Waals surface area contributed by atoms with Gasteiger partial charge in [0.2, 0.25) is 5.91 Å². The number of nitrogens with zero attached hydrogens (tertiary/aromatic N) is 1. The summed E-state index contributed by atoms with van der Waals surface area (Å²) in [5.41, 5.74) is 0.815. The molecule has 1 aliphatic heterocycles. The number of hydrogen-bond donors (Lipinski definition) is 2. The van der Waals surface area contributed by atoms with Crippen molar-refractivity contribution in [2.75, 3.05) is 38.2 Å². The van der Waals surface area contributed by atoms with E-state index in [0.717, 1.165) is 38.5 Å². The lowest BCUT2D eigenvalue weighted by atomic mass is 10.0. The van der Waals surface area contributed by atoms with E-state index in [9.17, 15) is 4.79 Å². The van der Waals surface area contributed by atoms with Gasteiger partial charge >= 0.3 is 0 Å². The van der Waals surface area contributed by atoms with Crippen LogP contribution in [0.1, 0.15) is 27.2 Å². The second-order valence-electron chi connectivity index (χ2n) is 6.95. The highest BCUT2D eigenvalue weighted by Crippen LogP contribution is 2.16. The van der Waals surface area contributed by atoms with Crippen molar-refractivity contribution >= 4 is 23.2 Å². The molecule has 0 aromatic heterocycles. The molecule has 134 valence electrons. The molecule has 2 N–H and O–H groups in total. The lowest BCUT2D eigenvalue weighted by Crippen LogP contribution is -2.55. The van der Waals surface area contributed by atoms with Crippen molar-refractivity contribution in [3.8, 4) is 0 Å². The van der Waals surface area contributed by atoms with Gasteiger partial charge in [-0.25, -0.2) is 0 Å². The van der Waals surface area contributed by atoms with Gasteiger partial charge < -0.3 is 15.4 Å². The smallest absolute Gasteiger partial charge is 0.225 e. The molecule has 0 saturated carbocycles. The summed E-state index contributed by atoms with van der Waals surface area (Å²) >= 11 is 5.85. The van der Waals surface area contributed by atoms with Gasteiger partial charge in [0.1, 0.15) is 0 Å². The van der Waals surface area contributed by atoms with Gasteiger partial charge in [0, 0.05) is 48.3 Å². The average molecular weight is 354 g/mol. The first-order chi connectivity index (χ1) is 11.4. The Morgan fingerprint density at radius 3 is 2.54 bits per heavy atom. The lowest BCUT2D eigenvalue weighted by molar-refractivity contribution is -0.116. The van der Waals surface area contributed by atoms with Crippen molar-refractivity contribution in [1.82, 2.24) is 10.2 Å². The Hall–Kier alpha value is -1.14. The Morgan fingerprint density at radius 1 is 1.29 bits per heavy atom. The minimum atomic E-state index is 0.00139. The Kier molecular flexibility index (Phi) is 7.04. The molecule has 5 nitrogen and oxygen atoms in total. The Morgan fingerprint density at radius 2 is 1.92 bits per heavy atom. The zero-order valence-corrected chi connectivity index (χ0v) is 15.5. The average Bonchev–Trinajstić information content (AvgIpc) is 2.56. The third-order valence-corrected chi connectivity index (χ3v) is 4.62. The SMILES string of the molecule is C[C@@H](CC(=O)Nc1ccc(Cl)cc1)NCC(C)(C)N1CCOCC1. The number of carbonyl (C=O) groups is 1. The second-order valence-corrected chi connectivity index (χ2v) is 7.39. The molecular weight excluding hydrogens is 326 g/mol. The largest absolute Gasteiger partial charge is 0.379 e. The zero-order valence-electron chi connectivity index (χ0n) is 14.8. The summed E-state index contributed by atoms with van der Waals surface area (Å²) in [5, 5.41) is 7.04. The fourth-order valence-electron chi connectivity index (χ4n) is 2.80. The number of anilines is 1. The second kappa shape index (κ2) is 8.81. The first-order valence-corrected chi connectivity index (χ1v) is 8.86. The molecule has 6 heteroatoms. The third kappa shape index (κ3) is 6.06. The number of halogens is 1.